The number of aliphatic hydroxyl groups excluding tert-OH is 1. The van der Waals surface area contributed by atoms with E-state index < -0.39 is 6.10 Å². The van der Waals surface area contributed by atoms with Crippen LogP contribution in [-0.4, -0.2) is 19.9 Å². The van der Waals surface area contributed by atoms with Gasteiger partial charge in [0.15, 0.2) is 0 Å². The standard InChI is InChI=1S/C16H16N4O/c17-16-9-12(6-7-18-16)8-15(21)13-10-19-20(11-13)14-4-2-1-3-5-14/h1-7,9-11,15,21H,8H2,(H2,17,18). The lowest BCUT2D eigenvalue weighted by molar-refractivity contribution is 0.178. The fraction of sp³-hybridized carbons (Fsp3) is 0.125. The Hall–Kier alpha value is -2.66. The number of aliphatic hydroxyl groups is 1. The van der Waals surface area contributed by atoms with E-state index in [9.17, 15) is 5.11 Å². The molecule has 3 N–H and O–H groups in total. The van der Waals surface area contributed by atoms with Crippen molar-refractivity contribution in [1.82, 2.24) is 14.8 Å². The van der Waals surface area contributed by atoms with E-state index in [1.165, 1.54) is 0 Å². The second-order valence-corrected chi connectivity index (χ2v) is 4.86. The summed E-state index contributed by atoms with van der Waals surface area (Å²) in [5.74, 6) is 0.458. The van der Waals surface area contributed by atoms with Crippen LogP contribution in [-0.2, 0) is 6.42 Å². The number of nitrogens with zero attached hydrogens (tertiary/aromatic N) is 3. The van der Waals surface area contributed by atoms with Crippen molar-refractivity contribution in [2.75, 3.05) is 5.73 Å². The molecule has 21 heavy (non-hydrogen) atoms. The van der Waals surface area contributed by atoms with E-state index in [1.54, 1.807) is 23.1 Å². The third-order valence-electron chi connectivity index (χ3n) is 3.28. The average Bonchev–Trinajstić information content (AvgIpc) is 2.98. The number of aromatic nitrogens is 3. The molecule has 3 rings (SSSR count). The molecular weight excluding hydrogens is 264 g/mol. The van der Waals surface area contributed by atoms with Gasteiger partial charge in [-0.1, -0.05) is 18.2 Å². The summed E-state index contributed by atoms with van der Waals surface area (Å²) >= 11 is 0. The fourth-order valence-electron chi connectivity index (χ4n) is 2.19. The molecule has 1 atom stereocenters. The Labute approximate surface area is 122 Å². The van der Waals surface area contributed by atoms with Crippen LogP contribution in [0.2, 0.25) is 0 Å². The minimum absolute atomic E-state index is 0.458. The van der Waals surface area contributed by atoms with Crippen LogP contribution in [0.25, 0.3) is 5.69 Å². The molecule has 0 amide bonds. The minimum Gasteiger partial charge on any atom is -0.388 e. The summed E-state index contributed by atoms with van der Waals surface area (Å²) in [6.07, 6.45) is 5.02. The smallest absolute Gasteiger partial charge is 0.123 e. The highest BCUT2D eigenvalue weighted by Crippen LogP contribution is 2.19. The highest BCUT2D eigenvalue weighted by molar-refractivity contribution is 5.34. The number of hydrogen-bond donors (Lipinski definition) is 2. The molecule has 0 spiro atoms. The van der Waals surface area contributed by atoms with Crippen LogP contribution in [0, 0.1) is 0 Å². The van der Waals surface area contributed by atoms with Crippen LogP contribution in [0.1, 0.15) is 17.2 Å². The molecule has 3 aromatic rings. The lowest BCUT2D eigenvalue weighted by Gasteiger charge is -2.08. The lowest BCUT2D eigenvalue weighted by atomic mass is 10.1. The first-order chi connectivity index (χ1) is 10.2. The van der Waals surface area contributed by atoms with Gasteiger partial charge in [-0.05, 0) is 29.8 Å². The van der Waals surface area contributed by atoms with Gasteiger partial charge >= 0.3 is 0 Å². The first kappa shape index (κ1) is 13.3. The van der Waals surface area contributed by atoms with Crippen molar-refractivity contribution in [3.63, 3.8) is 0 Å². The number of rotatable bonds is 4. The molecule has 0 saturated heterocycles. The van der Waals surface area contributed by atoms with E-state index in [0.717, 1.165) is 16.8 Å². The molecule has 0 aliphatic heterocycles. The Morgan fingerprint density at radius 2 is 2.00 bits per heavy atom. The fourth-order valence-corrected chi connectivity index (χ4v) is 2.19. The maximum absolute atomic E-state index is 10.3. The highest BCUT2D eigenvalue weighted by Gasteiger charge is 2.12. The van der Waals surface area contributed by atoms with Gasteiger partial charge in [-0.15, -0.1) is 0 Å². The zero-order valence-electron chi connectivity index (χ0n) is 11.4. The van der Waals surface area contributed by atoms with Crippen LogP contribution >= 0.6 is 0 Å². The maximum Gasteiger partial charge on any atom is 0.123 e. The molecule has 5 nitrogen and oxygen atoms in total. The van der Waals surface area contributed by atoms with E-state index in [-0.39, 0.29) is 0 Å². The van der Waals surface area contributed by atoms with Gasteiger partial charge in [0, 0.05) is 24.4 Å². The zero-order chi connectivity index (χ0) is 14.7. The molecule has 0 aliphatic rings. The zero-order valence-corrected chi connectivity index (χ0v) is 11.4. The van der Waals surface area contributed by atoms with Gasteiger partial charge in [-0.25, -0.2) is 9.67 Å². The van der Waals surface area contributed by atoms with Gasteiger partial charge in [0.05, 0.1) is 18.0 Å². The maximum atomic E-state index is 10.3. The van der Waals surface area contributed by atoms with Crippen molar-refractivity contribution in [2.45, 2.75) is 12.5 Å². The Morgan fingerprint density at radius 1 is 1.19 bits per heavy atom. The van der Waals surface area contributed by atoms with Crippen LogP contribution < -0.4 is 5.73 Å². The molecule has 5 heteroatoms. The van der Waals surface area contributed by atoms with Gasteiger partial charge < -0.3 is 10.8 Å². The summed E-state index contributed by atoms with van der Waals surface area (Å²) in [6.45, 7) is 0. The number of anilines is 1. The second kappa shape index (κ2) is 5.76. The van der Waals surface area contributed by atoms with Crippen LogP contribution in [0.15, 0.2) is 61.1 Å². The van der Waals surface area contributed by atoms with Crippen LogP contribution in [0.3, 0.4) is 0 Å². The van der Waals surface area contributed by atoms with Gasteiger partial charge in [0.2, 0.25) is 0 Å². The lowest BCUT2D eigenvalue weighted by Crippen LogP contribution is -2.02. The Balaban J connectivity index is 1.77. The van der Waals surface area contributed by atoms with E-state index in [0.29, 0.717) is 12.2 Å². The van der Waals surface area contributed by atoms with E-state index >= 15 is 0 Å². The number of pyridine rings is 1. The summed E-state index contributed by atoms with van der Waals surface area (Å²) in [7, 11) is 0. The molecule has 1 unspecified atom stereocenters. The van der Waals surface area contributed by atoms with Gasteiger partial charge in [-0.2, -0.15) is 5.10 Å². The number of nitrogens with two attached hydrogens (primary N) is 1. The second-order valence-electron chi connectivity index (χ2n) is 4.86. The Morgan fingerprint density at radius 3 is 2.76 bits per heavy atom. The first-order valence-electron chi connectivity index (χ1n) is 6.71. The van der Waals surface area contributed by atoms with E-state index in [4.69, 9.17) is 5.73 Å². The van der Waals surface area contributed by atoms with E-state index in [2.05, 4.69) is 10.1 Å². The number of benzene rings is 1. The molecule has 0 aliphatic carbocycles. The first-order valence-corrected chi connectivity index (χ1v) is 6.71. The average molecular weight is 280 g/mol. The topological polar surface area (TPSA) is 77.0 Å². The summed E-state index contributed by atoms with van der Waals surface area (Å²) in [4.78, 5) is 3.94. The van der Waals surface area contributed by atoms with Crippen molar-refractivity contribution in [3.05, 3.63) is 72.2 Å². The highest BCUT2D eigenvalue weighted by atomic mass is 16.3. The van der Waals surface area contributed by atoms with E-state index in [1.807, 2.05) is 42.6 Å². The van der Waals surface area contributed by atoms with Crippen LogP contribution in [0.4, 0.5) is 5.82 Å². The van der Waals surface area contributed by atoms with Gasteiger partial charge in [0.25, 0.3) is 0 Å². The Bertz CT molecular complexity index is 724. The monoisotopic (exact) mass is 280 g/mol. The molecule has 0 bridgehead atoms. The summed E-state index contributed by atoms with van der Waals surface area (Å²) in [6, 6.07) is 13.4. The molecule has 0 radical (unpaired) electrons. The summed E-state index contributed by atoms with van der Waals surface area (Å²) in [5, 5.41) is 14.6. The largest absolute Gasteiger partial charge is 0.388 e. The number of nitrogen functional groups attached to an aromatic ring is 1. The SMILES string of the molecule is Nc1cc(CC(O)c2cnn(-c3ccccc3)c2)ccn1. The van der Waals surface area contributed by atoms with Crippen molar-refractivity contribution in [1.29, 1.82) is 0 Å². The van der Waals surface area contributed by atoms with Crippen molar-refractivity contribution < 1.29 is 5.11 Å². The summed E-state index contributed by atoms with van der Waals surface area (Å²) in [5.41, 5.74) is 8.33. The molecule has 106 valence electrons. The molecule has 0 fully saturated rings. The van der Waals surface area contributed by atoms with Gasteiger partial charge in [-0.3, -0.25) is 0 Å². The third-order valence-corrected chi connectivity index (χ3v) is 3.28. The molecular formula is C16H16N4O. The van der Waals surface area contributed by atoms with Crippen molar-refractivity contribution >= 4 is 5.82 Å². The molecule has 2 aromatic heterocycles. The van der Waals surface area contributed by atoms with Gasteiger partial charge in [0.1, 0.15) is 5.82 Å². The molecule has 1 aromatic carbocycles. The Kier molecular flexibility index (Phi) is 3.66. The summed E-state index contributed by atoms with van der Waals surface area (Å²) < 4.78 is 1.75. The minimum atomic E-state index is -0.621. The quantitative estimate of drug-likeness (QED) is 0.767. The third kappa shape index (κ3) is 3.09. The predicted molar refractivity (Wildman–Crippen MR) is 80.9 cm³/mol. The van der Waals surface area contributed by atoms with Crippen molar-refractivity contribution in [2.24, 2.45) is 0 Å². The van der Waals surface area contributed by atoms with Crippen molar-refractivity contribution in [3.8, 4) is 5.69 Å². The number of para-hydroxylation sites is 1. The normalized spacial score (nSPS) is 12.2. The molecule has 0 saturated carbocycles. The van der Waals surface area contributed by atoms with Crippen LogP contribution in [0.5, 0.6) is 0 Å². The predicted octanol–water partition coefficient (Wildman–Crippen LogP) is 2.13. The number of hydrogen-bond acceptors (Lipinski definition) is 4. The molecule has 2 heterocycles.